The number of carbonyl (C=O) groups is 3. The molecule has 0 saturated heterocycles. The fourth-order valence-corrected chi connectivity index (χ4v) is 5.85. The number of ether oxygens (including phenoxy) is 3. The third kappa shape index (κ3) is 37.8. The van der Waals surface area contributed by atoms with Crippen molar-refractivity contribution in [2.24, 2.45) is 0 Å². The quantitative estimate of drug-likeness (QED) is 0.0265. The molecule has 2 unspecified atom stereocenters. The van der Waals surface area contributed by atoms with E-state index >= 15 is 0 Å². The molecule has 0 heterocycles. The standard InChI is InChI=1S/C49H81NO7/c1-6-8-10-12-14-16-18-20-22-23-24-25-26-28-30-32-34-36-38-40-48(52)57-45(43-55-42-41-46(49(53)54)50(3,4)5)44-56-47(51)39-37-35-33-31-29-27-21-19-17-15-13-11-9-7-2/h8,10,14,16,20,22,24-25,27-30,34,36,45-46H,6-7,9,11-13,15,17-19,21,23,26,31-33,35,37-44H2,1-5H3/b10-8+,16-14+,22-20+,25-24+,29-27+,30-28+,36-34+. The van der Waals surface area contributed by atoms with Crippen molar-refractivity contribution < 1.29 is 38.2 Å². The minimum Gasteiger partial charge on any atom is -0.544 e. The maximum atomic E-state index is 12.7. The average Bonchev–Trinajstić information content (AvgIpc) is 3.17. The summed E-state index contributed by atoms with van der Waals surface area (Å²) in [6.07, 6.45) is 50.5. The van der Waals surface area contributed by atoms with Crippen LogP contribution in [-0.2, 0) is 28.6 Å². The largest absolute Gasteiger partial charge is 0.544 e. The molecule has 0 aromatic rings. The molecule has 0 aromatic heterocycles. The van der Waals surface area contributed by atoms with Crippen molar-refractivity contribution in [3.8, 4) is 0 Å². The third-order valence-corrected chi connectivity index (χ3v) is 9.28. The van der Waals surface area contributed by atoms with Gasteiger partial charge in [-0.1, -0.05) is 144 Å². The minimum atomic E-state index is -1.14. The Morgan fingerprint density at radius 2 is 1.02 bits per heavy atom. The van der Waals surface area contributed by atoms with Gasteiger partial charge < -0.3 is 28.6 Å². The van der Waals surface area contributed by atoms with Gasteiger partial charge in [0, 0.05) is 19.3 Å². The highest BCUT2D eigenvalue weighted by Gasteiger charge is 2.25. The van der Waals surface area contributed by atoms with Gasteiger partial charge in [0.25, 0.3) is 0 Å². The summed E-state index contributed by atoms with van der Waals surface area (Å²) in [5, 5.41) is 11.6. The van der Waals surface area contributed by atoms with Crippen LogP contribution >= 0.6 is 0 Å². The molecule has 0 amide bonds. The van der Waals surface area contributed by atoms with E-state index in [2.05, 4.69) is 86.8 Å². The fraction of sp³-hybridized carbons (Fsp3) is 0.653. The van der Waals surface area contributed by atoms with Crippen molar-refractivity contribution in [2.75, 3.05) is 41.0 Å². The van der Waals surface area contributed by atoms with Crippen LogP contribution in [0.2, 0.25) is 0 Å². The minimum absolute atomic E-state index is 0.00103. The van der Waals surface area contributed by atoms with Crippen molar-refractivity contribution >= 4 is 17.9 Å². The Morgan fingerprint density at radius 1 is 0.544 bits per heavy atom. The molecular formula is C49H81NO7. The molecular weight excluding hydrogens is 715 g/mol. The number of hydrogen-bond donors (Lipinski definition) is 0. The lowest BCUT2D eigenvalue weighted by atomic mass is 10.1. The zero-order valence-electron chi connectivity index (χ0n) is 36.7. The highest BCUT2D eigenvalue weighted by molar-refractivity contribution is 5.70. The Balaban J connectivity index is 4.52. The normalized spacial score (nSPS) is 13.8. The van der Waals surface area contributed by atoms with E-state index in [9.17, 15) is 19.5 Å². The Morgan fingerprint density at radius 3 is 1.53 bits per heavy atom. The second kappa shape index (κ2) is 39.3. The molecule has 0 saturated carbocycles. The van der Waals surface area contributed by atoms with Gasteiger partial charge in [0.1, 0.15) is 12.6 Å². The van der Waals surface area contributed by atoms with Crippen molar-refractivity contribution in [1.29, 1.82) is 0 Å². The van der Waals surface area contributed by atoms with Crippen LogP contribution in [0.25, 0.3) is 0 Å². The van der Waals surface area contributed by atoms with Gasteiger partial charge in [-0.15, -0.1) is 0 Å². The number of unbranched alkanes of at least 4 members (excludes halogenated alkanes) is 10. The van der Waals surface area contributed by atoms with E-state index in [1.165, 1.54) is 44.9 Å². The molecule has 0 radical (unpaired) electrons. The van der Waals surface area contributed by atoms with E-state index in [1.54, 1.807) is 21.1 Å². The number of carbonyl (C=O) groups excluding carboxylic acids is 3. The summed E-state index contributed by atoms with van der Waals surface area (Å²) < 4.78 is 17.0. The predicted molar refractivity (Wildman–Crippen MR) is 235 cm³/mol. The summed E-state index contributed by atoms with van der Waals surface area (Å²) >= 11 is 0. The SMILES string of the molecule is CC/C=C/C/C=C/C/C=C/C/C=C/C/C=C/C/C=C/CCC(=O)OC(COCCC(C(=O)[O-])[N+](C)(C)C)COC(=O)CCCCC/C=C/CCCCCCCCC. The lowest BCUT2D eigenvalue weighted by Gasteiger charge is -2.34. The number of aliphatic carboxylic acids is 1. The topological polar surface area (TPSA) is 102 Å². The van der Waals surface area contributed by atoms with Crippen LogP contribution in [0.1, 0.15) is 155 Å². The summed E-state index contributed by atoms with van der Waals surface area (Å²) in [6.45, 7) is 4.43. The number of allylic oxidation sites excluding steroid dienone is 14. The highest BCUT2D eigenvalue weighted by atomic mass is 16.6. The summed E-state index contributed by atoms with van der Waals surface area (Å²) in [5.74, 6) is -1.87. The number of rotatable bonds is 38. The molecule has 0 spiro atoms. The van der Waals surface area contributed by atoms with E-state index in [4.69, 9.17) is 14.2 Å². The molecule has 324 valence electrons. The molecule has 0 N–H and O–H groups in total. The molecule has 0 aromatic carbocycles. The first-order chi connectivity index (χ1) is 27.6. The van der Waals surface area contributed by atoms with Crippen LogP contribution in [0.3, 0.4) is 0 Å². The molecule has 0 aliphatic rings. The molecule has 2 atom stereocenters. The van der Waals surface area contributed by atoms with Crippen LogP contribution < -0.4 is 5.11 Å². The lowest BCUT2D eigenvalue weighted by Crippen LogP contribution is -2.55. The Labute approximate surface area is 348 Å². The Kier molecular flexibility index (Phi) is 36.9. The van der Waals surface area contributed by atoms with Gasteiger partial charge in [-0.25, -0.2) is 0 Å². The zero-order valence-corrected chi connectivity index (χ0v) is 36.7. The fourth-order valence-electron chi connectivity index (χ4n) is 5.85. The molecule has 0 fully saturated rings. The van der Waals surface area contributed by atoms with E-state index in [0.29, 0.717) is 12.8 Å². The first-order valence-corrected chi connectivity index (χ1v) is 22.1. The van der Waals surface area contributed by atoms with Crippen LogP contribution in [0.4, 0.5) is 0 Å². The van der Waals surface area contributed by atoms with Gasteiger partial charge in [0.15, 0.2) is 6.10 Å². The van der Waals surface area contributed by atoms with E-state index in [-0.39, 0.29) is 43.1 Å². The van der Waals surface area contributed by atoms with Crippen LogP contribution in [0, 0.1) is 0 Å². The third-order valence-electron chi connectivity index (χ3n) is 9.28. The number of likely N-dealkylation sites (N-methyl/N-ethyl adjacent to an activating group) is 1. The molecule has 8 heteroatoms. The number of hydrogen-bond acceptors (Lipinski definition) is 7. The average molecular weight is 796 g/mol. The molecule has 0 bridgehead atoms. The Bertz CT molecular complexity index is 1200. The van der Waals surface area contributed by atoms with Gasteiger partial charge in [-0.3, -0.25) is 9.59 Å². The first-order valence-electron chi connectivity index (χ1n) is 22.1. The highest BCUT2D eigenvalue weighted by Crippen LogP contribution is 2.12. The number of quaternary nitrogens is 1. The van der Waals surface area contributed by atoms with E-state index in [1.807, 2.05) is 12.2 Å². The molecule has 0 aliphatic carbocycles. The molecule has 8 nitrogen and oxygen atoms in total. The van der Waals surface area contributed by atoms with Crippen LogP contribution in [0.15, 0.2) is 85.1 Å². The van der Waals surface area contributed by atoms with Crippen molar-refractivity contribution in [3.05, 3.63) is 85.1 Å². The monoisotopic (exact) mass is 796 g/mol. The number of carboxylic acids is 1. The van der Waals surface area contributed by atoms with E-state index < -0.39 is 24.1 Å². The molecule has 0 rings (SSSR count). The van der Waals surface area contributed by atoms with Crippen molar-refractivity contribution in [3.63, 3.8) is 0 Å². The second-order valence-electron chi connectivity index (χ2n) is 15.5. The van der Waals surface area contributed by atoms with Crippen LogP contribution in [-0.4, -0.2) is 75.5 Å². The van der Waals surface area contributed by atoms with Gasteiger partial charge in [-0.05, 0) is 77.0 Å². The van der Waals surface area contributed by atoms with E-state index in [0.717, 1.165) is 70.6 Å². The predicted octanol–water partition coefficient (Wildman–Crippen LogP) is 10.8. The summed E-state index contributed by atoms with van der Waals surface area (Å²) in [6, 6.07) is -0.745. The van der Waals surface area contributed by atoms with Crippen molar-refractivity contribution in [2.45, 2.75) is 167 Å². The second-order valence-corrected chi connectivity index (χ2v) is 15.5. The number of esters is 2. The summed E-state index contributed by atoms with van der Waals surface area (Å²) in [4.78, 5) is 36.8. The maximum Gasteiger partial charge on any atom is 0.306 e. The number of nitrogens with zero attached hydrogens (tertiary/aromatic N) is 1. The van der Waals surface area contributed by atoms with Crippen LogP contribution in [0.5, 0.6) is 0 Å². The summed E-state index contributed by atoms with van der Waals surface area (Å²) in [5.41, 5.74) is 0. The molecule has 0 aliphatic heterocycles. The zero-order chi connectivity index (χ0) is 42.1. The summed E-state index contributed by atoms with van der Waals surface area (Å²) in [7, 11) is 5.37. The van der Waals surface area contributed by atoms with Gasteiger partial charge in [-0.2, -0.15) is 0 Å². The Hall–Kier alpha value is -3.49. The van der Waals surface area contributed by atoms with Gasteiger partial charge in [0.2, 0.25) is 0 Å². The van der Waals surface area contributed by atoms with Crippen molar-refractivity contribution in [1.82, 2.24) is 0 Å². The van der Waals surface area contributed by atoms with Gasteiger partial charge in [0.05, 0.1) is 40.3 Å². The van der Waals surface area contributed by atoms with Gasteiger partial charge >= 0.3 is 11.9 Å². The smallest absolute Gasteiger partial charge is 0.306 e. The number of carboxylic acid groups (broad SMARTS) is 1. The maximum absolute atomic E-state index is 12.7. The molecule has 57 heavy (non-hydrogen) atoms. The first kappa shape index (κ1) is 53.5. The lowest BCUT2D eigenvalue weighted by molar-refractivity contribution is -0.889.